The lowest BCUT2D eigenvalue weighted by molar-refractivity contribution is 0.505. The molecule has 52 valence electrons. The zero-order valence-corrected chi connectivity index (χ0v) is 6.11. The van der Waals surface area contributed by atoms with Crippen molar-refractivity contribution in [1.82, 2.24) is 0 Å². The maximum Gasteiger partial charge on any atom is 0.00920 e. The zero-order chi connectivity index (χ0) is 6.69. The fourth-order valence-corrected chi connectivity index (χ4v) is 1.59. The summed E-state index contributed by atoms with van der Waals surface area (Å²) < 4.78 is 0. The largest absolute Gasteiger partial charge is 0.310 e. The molecule has 0 bridgehead atoms. The molecule has 1 N–H and O–H groups in total. The molecular weight excluding hydrogens is 110 g/mol. The maximum atomic E-state index is 7.36. The normalized spacial score (nSPS) is 27.2. The monoisotopic (exact) mass is 125 g/mol. The van der Waals surface area contributed by atoms with Crippen molar-refractivity contribution in [1.29, 1.82) is 5.41 Å². The van der Waals surface area contributed by atoms with Crippen molar-refractivity contribution >= 4 is 5.71 Å². The van der Waals surface area contributed by atoms with Crippen molar-refractivity contribution in [2.75, 3.05) is 0 Å². The smallest absolute Gasteiger partial charge is 0.00920 e. The van der Waals surface area contributed by atoms with E-state index in [9.17, 15) is 0 Å². The van der Waals surface area contributed by atoms with Crippen LogP contribution in [0.4, 0.5) is 0 Å². The number of hydrogen-bond acceptors (Lipinski definition) is 1. The molecule has 0 heterocycles. The van der Waals surface area contributed by atoms with E-state index in [1.807, 2.05) is 0 Å². The average molecular weight is 125 g/mol. The van der Waals surface area contributed by atoms with Gasteiger partial charge in [0.05, 0.1) is 0 Å². The van der Waals surface area contributed by atoms with Gasteiger partial charge in [0, 0.05) is 5.71 Å². The van der Waals surface area contributed by atoms with Crippen molar-refractivity contribution in [2.45, 2.75) is 39.0 Å². The Bertz CT molecular complexity index is 107. The third kappa shape index (κ3) is 1.81. The Morgan fingerprint density at radius 2 is 2.44 bits per heavy atom. The number of rotatable bonds is 2. The Hall–Kier alpha value is -0.330. The van der Waals surface area contributed by atoms with Gasteiger partial charge < -0.3 is 5.41 Å². The first kappa shape index (κ1) is 6.79. The quantitative estimate of drug-likeness (QED) is 0.586. The average Bonchev–Trinajstić information content (AvgIpc) is 2.17. The van der Waals surface area contributed by atoms with Crippen LogP contribution >= 0.6 is 0 Å². The Balaban J connectivity index is 2.22. The van der Waals surface area contributed by atoms with Crippen LogP contribution in [0.1, 0.15) is 39.0 Å². The van der Waals surface area contributed by atoms with E-state index in [1.54, 1.807) is 0 Å². The third-order valence-corrected chi connectivity index (χ3v) is 2.09. The molecule has 0 amide bonds. The Kier molecular flexibility index (Phi) is 2.26. The van der Waals surface area contributed by atoms with Crippen molar-refractivity contribution in [3.05, 3.63) is 0 Å². The predicted octanol–water partition coefficient (Wildman–Crippen LogP) is 2.61. The molecule has 1 heteroatoms. The molecule has 0 spiro atoms. The second-order valence-corrected chi connectivity index (χ2v) is 3.00. The third-order valence-electron chi connectivity index (χ3n) is 2.09. The predicted molar refractivity (Wildman–Crippen MR) is 40.0 cm³/mol. The fourth-order valence-electron chi connectivity index (χ4n) is 1.59. The molecule has 1 atom stereocenters. The molecule has 9 heavy (non-hydrogen) atoms. The summed E-state index contributed by atoms with van der Waals surface area (Å²) in [5.74, 6) is 0.863. The van der Waals surface area contributed by atoms with Gasteiger partial charge in [0.25, 0.3) is 0 Å². The van der Waals surface area contributed by atoms with Gasteiger partial charge >= 0.3 is 0 Å². The molecule has 1 nitrogen and oxygen atoms in total. The summed E-state index contributed by atoms with van der Waals surface area (Å²) in [6, 6.07) is 0. The van der Waals surface area contributed by atoms with Gasteiger partial charge in [0.2, 0.25) is 0 Å². The summed E-state index contributed by atoms with van der Waals surface area (Å²) in [6.45, 7) is 2.22. The molecule has 0 radical (unpaired) electrons. The molecule has 0 aromatic carbocycles. The van der Waals surface area contributed by atoms with Crippen LogP contribution in [0.2, 0.25) is 0 Å². The first-order chi connectivity index (χ1) is 4.33. The van der Waals surface area contributed by atoms with E-state index in [1.165, 1.54) is 19.3 Å². The van der Waals surface area contributed by atoms with Crippen LogP contribution in [0.25, 0.3) is 0 Å². The van der Waals surface area contributed by atoms with Crippen LogP contribution in [0.5, 0.6) is 0 Å². The van der Waals surface area contributed by atoms with Gasteiger partial charge in [-0.1, -0.05) is 19.8 Å². The lowest BCUT2D eigenvalue weighted by atomic mass is 10.0. The molecule has 0 unspecified atom stereocenters. The molecule has 0 aromatic rings. The number of hydrogen-bond donors (Lipinski definition) is 1. The fraction of sp³-hybridized carbons (Fsp3) is 0.875. The minimum absolute atomic E-state index is 0.863. The van der Waals surface area contributed by atoms with E-state index < -0.39 is 0 Å². The second-order valence-electron chi connectivity index (χ2n) is 3.00. The zero-order valence-electron chi connectivity index (χ0n) is 6.11. The van der Waals surface area contributed by atoms with E-state index in [2.05, 4.69) is 6.92 Å². The summed E-state index contributed by atoms with van der Waals surface area (Å²) in [5.41, 5.74) is 0.980. The molecule has 0 aromatic heterocycles. The van der Waals surface area contributed by atoms with Crippen LogP contribution in [0, 0.1) is 11.3 Å². The Labute approximate surface area is 57.0 Å². The maximum absolute atomic E-state index is 7.36. The van der Waals surface area contributed by atoms with Crippen LogP contribution in [0.3, 0.4) is 0 Å². The van der Waals surface area contributed by atoms with Crippen molar-refractivity contribution in [2.24, 2.45) is 5.92 Å². The lowest BCUT2D eigenvalue weighted by Gasteiger charge is -2.02. The molecule has 1 fully saturated rings. The molecule has 1 rings (SSSR count). The summed E-state index contributed by atoms with van der Waals surface area (Å²) in [7, 11) is 0. The van der Waals surface area contributed by atoms with Gasteiger partial charge in [0.1, 0.15) is 0 Å². The highest BCUT2D eigenvalue weighted by atomic mass is 14.4. The van der Waals surface area contributed by atoms with Crippen LogP contribution < -0.4 is 0 Å². The van der Waals surface area contributed by atoms with Crippen LogP contribution in [-0.2, 0) is 0 Å². The van der Waals surface area contributed by atoms with Gasteiger partial charge in [-0.25, -0.2) is 0 Å². The molecule has 1 aliphatic rings. The topological polar surface area (TPSA) is 23.9 Å². The summed E-state index contributed by atoms with van der Waals surface area (Å²) in [5, 5.41) is 7.36. The summed E-state index contributed by atoms with van der Waals surface area (Å²) in [6.07, 6.45) is 6.07. The first-order valence-electron chi connectivity index (χ1n) is 3.89. The lowest BCUT2D eigenvalue weighted by Crippen LogP contribution is -1.92. The van der Waals surface area contributed by atoms with E-state index in [0.717, 1.165) is 24.5 Å². The summed E-state index contributed by atoms with van der Waals surface area (Å²) in [4.78, 5) is 0. The van der Waals surface area contributed by atoms with E-state index in [4.69, 9.17) is 5.41 Å². The highest BCUT2D eigenvalue weighted by Gasteiger charge is 2.17. The van der Waals surface area contributed by atoms with E-state index in [0.29, 0.717) is 0 Å². The summed E-state index contributed by atoms with van der Waals surface area (Å²) >= 11 is 0. The minimum atomic E-state index is 0.863. The van der Waals surface area contributed by atoms with Crippen LogP contribution in [0.15, 0.2) is 0 Å². The van der Waals surface area contributed by atoms with E-state index >= 15 is 0 Å². The molecular formula is C8H15N. The molecule has 0 aliphatic heterocycles. The molecule has 1 aliphatic carbocycles. The van der Waals surface area contributed by atoms with Gasteiger partial charge in [0.15, 0.2) is 0 Å². The Morgan fingerprint density at radius 3 is 2.89 bits per heavy atom. The van der Waals surface area contributed by atoms with Gasteiger partial charge in [-0.3, -0.25) is 0 Å². The van der Waals surface area contributed by atoms with Crippen LogP contribution in [-0.4, -0.2) is 5.71 Å². The van der Waals surface area contributed by atoms with E-state index in [-0.39, 0.29) is 0 Å². The Morgan fingerprint density at radius 1 is 1.67 bits per heavy atom. The standard InChI is InChI=1S/C8H15N/c1-2-3-7-4-5-8(9)6-7/h7,9H,2-6H2,1H3/t7-/m0/s1. The SMILES string of the molecule is CCC[C@H]1CCC(=N)C1. The molecule has 0 saturated heterocycles. The van der Waals surface area contributed by atoms with Crippen molar-refractivity contribution in [3.8, 4) is 0 Å². The molecule has 1 saturated carbocycles. The second kappa shape index (κ2) is 3.00. The highest BCUT2D eigenvalue weighted by Crippen LogP contribution is 2.25. The van der Waals surface area contributed by atoms with Crippen molar-refractivity contribution < 1.29 is 0 Å². The minimum Gasteiger partial charge on any atom is -0.310 e. The van der Waals surface area contributed by atoms with Crippen molar-refractivity contribution in [3.63, 3.8) is 0 Å². The highest BCUT2D eigenvalue weighted by molar-refractivity contribution is 5.83. The first-order valence-corrected chi connectivity index (χ1v) is 3.89. The number of nitrogens with one attached hydrogen (secondary N) is 1. The van der Waals surface area contributed by atoms with Gasteiger partial charge in [-0.15, -0.1) is 0 Å². The van der Waals surface area contributed by atoms with Gasteiger partial charge in [-0.05, 0) is 25.2 Å². The van der Waals surface area contributed by atoms with Gasteiger partial charge in [-0.2, -0.15) is 0 Å².